The van der Waals surface area contributed by atoms with Crippen LogP contribution in [-0.4, -0.2) is 39.4 Å². The number of nitrogens with zero attached hydrogens (tertiary/aromatic N) is 1. The molecule has 1 aliphatic heterocycles. The van der Waals surface area contributed by atoms with Crippen LogP contribution in [0.2, 0.25) is 0 Å². The maximum absolute atomic E-state index is 13.5. The molecule has 0 saturated carbocycles. The van der Waals surface area contributed by atoms with Crippen LogP contribution in [0.25, 0.3) is 0 Å². The van der Waals surface area contributed by atoms with Gasteiger partial charge in [-0.25, -0.2) is 12.8 Å². The minimum atomic E-state index is -3.61. The van der Waals surface area contributed by atoms with E-state index in [2.05, 4.69) is 21.2 Å². The molecule has 0 spiro atoms. The highest BCUT2D eigenvalue weighted by Crippen LogP contribution is 2.25. The van der Waals surface area contributed by atoms with Crippen molar-refractivity contribution in [1.82, 2.24) is 9.62 Å². The Bertz CT molecular complexity index is 578. The van der Waals surface area contributed by atoms with E-state index in [1.807, 2.05) is 7.05 Å². The zero-order chi connectivity index (χ0) is 14.8. The van der Waals surface area contributed by atoms with E-state index in [9.17, 15) is 12.8 Å². The van der Waals surface area contributed by atoms with Crippen LogP contribution in [0, 0.1) is 11.7 Å². The molecule has 1 fully saturated rings. The van der Waals surface area contributed by atoms with Gasteiger partial charge in [-0.1, -0.05) is 0 Å². The van der Waals surface area contributed by atoms with Crippen molar-refractivity contribution in [3.63, 3.8) is 0 Å². The lowest BCUT2D eigenvalue weighted by atomic mass is 10.00. The third-order valence-electron chi connectivity index (χ3n) is 3.50. The lowest BCUT2D eigenvalue weighted by Crippen LogP contribution is -2.42. The number of piperidine rings is 1. The van der Waals surface area contributed by atoms with Crippen molar-refractivity contribution in [2.45, 2.75) is 17.7 Å². The van der Waals surface area contributed by atoms with Gasteiger partial charge in [0, 0.05) is 13.1 Å². The standard InChI is InChI=1S/C13H18BrFN2O2S/c1-16-8-10-3-2-6-17(9-10)20(18,19)11-4-5-12(14)13(15)7-11/h4-5,7,10,16H,2-3,6,8-9H2,1H3/t10-/m0/s1. The Balaban J connectivity index is 2.23. The third kappa shape index (κ3) is 3.39. The number of hydrogen-bond donors (Lipinski definition) is 1. The number of hydrogen-bond acceptors (Lipinski definition) is 3. The van der Waals surface area contributed by atoms with Gasteiger partial charge in [0.05, 0.1) is 9.37 Å². The summed E-state index contributed by atoms with van der Waals surface area (Å²) in [6.07, 6.45) is 1.85. The molecule has 0 bridgehead atoms. The molecular formula is C13H18BrFN2O2S. The fourth-order valence-electron chi connectivity index (χ4n) is 2.49. The molecule has 1 N–H and O–H groups in total. The summed E-state index contributed by atoms with van der Waals surface area (Å²) in [7, 11) is -1.75. The molecule has 2 rings (SSSR count). The first-order chi connectivity index (χ1) is 9.45. The van der Waals surface area contributed by atoms with Crippen LogP contribution in [0.1, 0.15) is 12.8 Å². The molecule has 1 heterocycles. The van der Waals surface area contributed by atoms with E-state index >= 15 is 0 Å². The highest BCUT2D eigenvalue weighted by atomic mass is 79.9. The van der Waals surface area contributed by atoms with Crippen molar-refractivity contribution in [2.75, 3.05) is 26.7 Å². The average molecular weight is 365 g/mol. The minimum Gasteiger partial charge on any atom is -0.319 e. The van der Waals surface area contributed by atoms with E-state index in [1.54, 1.807) is 0 Å². The quantitative estimate of drug-likeness (QED) is 0.890. The second kappa shape index (κ2) is 6.51. The lowest BCUT2D eigenvalue weighted by Gasteiger charge is -2.31. The Kier molecular flexibility index (Phi) is 5.17. The maximum Gasteiger partial charge on any atom is 0.243 e. The van der Waals surface area contributed by atoms with Gasteiger partial charge >= 0.3 is 0 Å². The fourth-order valence-corrected chi connectivity index (χ4v) is 4.30. The lowest BCUT2D eigenvalue weighted by molar-refractivity contribution is 0.263. The van der Waals surface area contributed by atoms with Crippen molar-refractivity contribution >= 4 is 26.0 Å². The topological polar surface area (TPSA) is 49.4 Å². The van der Waals surface area contributed by atoms with Gasteiger partial charge in [0.25, 0.3) is 0 Å². The highest BCUT2D eigenvalue weighted by molar-refractivity contribution is 9.10. The molecule has 0 aliphatic carbocycles. The van der Waals surface area contributed by atoms with Crippen LogP contribution in [0.3, 0.4) is 0 Å². The van der Waals surface area contributed by atoms with Crippen LogP contribution in [0.15, 0.2) is 27.6 Å². The van der Waals surface area contributed by atoms with Gasteiger partial charge in [-0.15, -0.1) is 0 Å². The SMILES string of the molecule is CNC[C@@H]1CCCN(S(=O)(=O)c2ccc(Br)c(F)c2)C1. The monoisotopic (exact) mass is 364 g/mol. The van der Waals surface area contributed by atoms with Crippen molar-refractivity contribution in [3.8, 4) is 0 Å². The Morgan fingerprint density at radius 2 is 2.25 bits per heavy atom. The molecule has 0 unspecified atom stereocenters. The molecular weight excluding hydrogens is 347 g/mol. The first kappa shape index (κ1) is 15.9. The minimum absolute atomic E-state index is 0.0170. The van der Waals surface area contributed by atoms with Gasteiger partial charge in [0.15, 0.2) is 0 Å². The van der Waals surface area contributed by atoms with Crippen molar-refractivity contribution in [3.05, 3.63) is 28.5 Å². The van der Waals surface area contributed by atoms with E-state index in [-0.39, 0.29) is 9.37 Å². The predicted octanol–water partition coefficient (Wildman–Crippen LogP) is 2.21. The van der Waals surface area contributed by atoms with Gasteiger partial charge in [-0.05, 0) is 66.5 Å². The van der Waals surface area contributed by atoms with Gasteiger partial charge in [0.1, 0.15) is 5.82 Å². The summed E-state index contributed by atoms with van der Waals surface area (Å²) in [6, 6.07) is 3.93. The molecule has 1 saturated heterocycles. The Hall–Kier alpha value is -0.500. The summed E-state index contributed by atoms with van der Waals surface area (Å²) in [5.74, 6) is -0.251. The molecule has 4 nitrogen and oxygen atoms in total. The van der Waals surface area contributed by atoms with E-state index < -0.39 is 15.8 Å². The number of benzene rings is 1. The summed E-state index contributed by atoms with van der Waals surface area (Å²) >= 11 is 3.03. The van der Waals surface area contributed by atoms with E-state index in [0.29, 0.717) is 19.0 Å². The highest BCUT2D eigenvalue weighted by Gasteiger charge is 2.30. The first-order valence-corrected chi connectivity index (χ1v) is 8.78. The smallest absolute Gasteiger partial charge is 0.243 e. The van der Waals surface area contributed by atoms with Crippen LogP contribution in [-0.2, 0) is 10.0 Å². The summed E-state index contributed by atoms with van der Waals surface area (Å²) < 4.78 is 40.3. The van der Waals surface area contributed by atoms with Gasteiger partial charge in [-0.3, -0.25) is 0 Å². The molecule has 1 aromatic rings. The Labute approximate surface area is 127 Å². The van der Waals surface area contributed by atoms with Gasteiger partial charge in [0.2, 0.25) is 10.0 Å². The average Bonchev–Trinajstić information content (AvgIpc) is 2.42. The van der Waals surface area contributed by atoms with Crippen LogP contribution in [0.4, 0.5) is 4.39 Å². The summed E-state index contributed by atoms with van der Waals surface area (Å²) in [5, 5.41) is 3.08. The van der Waals surface area contributed by atoms with Crippen LogP contribution in [0.5, 0.6) is 0 Å². The zero-order valence-electron chi connectivity index (χ0n) is 11.3. The molecule has 112 valence electrons. The van der Waals surface area contributed by atoms with Crippen molar-refractivity contribution < 1.29 is 12.8 Å². The first-order valence-electron chi connectivity index (χ1n) is 6.55. The molecule has 1 atom stereocenters. The third-order valence-corrected chi connectivity index (χ3v) is 6.01. The molecule has 1 aliphatic rings. The summed E-state index contributed by atoms with van der Waals surface area (Å²) in [4.78, 5) is 0.0170. The van der Waals surface area contributed by atoms with E-state index in [0.717, 1.165) is 25.5 Å². The Morgan fingerprint density at radius 1 is 1.50 bits per heavy atom. The molecule has 7 heteroatoms. The van der Waals surface area contributed by atoms with E-state index in [1.165, 1.54) is 16.4 Å². The van der Waals surface area contributed by atoms with Crippen LogP contribution >= 0.6 is 15.9 Å². The van der Waals surface area contributed by atoms with E-state index in [4.69, 9.17) is 0 Å². The normalized spacial score (nSPS) is 21.1. The largest absolute Gasteiger partial charge is 0.319 e. The molecule has 20 heavy (non-hydrogen) atoms. The fraction of sp³-hybridized carbons (Fsp3) is 0.538. The zero-order valence-corrected chi connectivity index (χ0v) is 13.7. The summed E-state index contributed by atoms with van der Waals surface area (Å²) in [6.45, 7) is 1.78. The number of rotatable bonds is 4. The van der Waals surface area contributed by atoms with Crippen LogP contribution < -0.4 is 5.32 Å². The second-order valence-electron chi connectivity index (χ2n) is 5.00. The summed E-state index contributed by atoms with van der Waals surface area (Å²) in [5.41, 5.74) is 0. The van der Waals surface area contributed by atoms with Gasteiger partial charge < -0.3 is 5.32 Å². The molecule has 0 aromatic heterocycles. The maximum atomic E-state index is 13.5. The molecule has 0 amide bonds. The van der Waals surface area contributed by atoms with Gasteiger partial charge in [-0.2, -0.15) is 4.31 Å². The predicted molar refractivity (Wildman–Crippen MR) is 79.5 cm³/mol. The second-order valence-corrected chi connectivity index (χ2v) is 7.80. The number of halogens is 2. The molecule has 1 aromatic carbocycles. The van der Waals surface area contributed by atoms with Crippen molar-refractivity contribution in [2.24, 2.45) is 5.92 Å². The molecule has 0 radical (unpaired) electrons. The number of nitrogens with one attached hydrogen (secondary N) is 1. The Morgan fingerprint density at radius 3 is 2.90 bits per heavy atom. The van der Waals surface area contributed by atoms with Crippen molar-refractivity contribution in [1.29, 1.82) is 0 Å². The number of sulfonamides is 1.